The standard InChI is InChI=1S/C15H20N4OS/c1-3-19(4-2)14-6-5-12(8-16-14)9-17-15(20)7-13-10-21-11-18-13/h5-6,8,10-11H,3-4,7,9H2,1-2H3,(H,17,20). The van der Waals surface area contributed by atoms with E-state index in [1.54, 1.807) is 5.51 Å². The number of thiazole rings is 1. The summed E-state index contributed by atoms with van der Waals surface area (Å²) in [6.45, 7) is 6.59. The molecule has 0 atom stereocenters. The number of aromatic nitrogens is 2. The van der Waals surface area contributed by atoms with E-state index in [0.29, 0.717) is 13.0 Å². The number of hydrogen-bond acceptors (Lipinski definition) is 5. The topological polar surface area (TPSA) is 58.1 Å². The van der Waals surface area contributed by atoms with Crippen molar-refractivity contribution >= 4 is 23.1 Å². The maximum Gasteiger partial charge on any atom is 0.226 e. The number of nitrogens with zero attached hydrogens (tertiary/aromatic N) is 3. The van der Waals surface area contributed by atoms with Crippen LogP contribution in [-0.2, 0) is 17.8 Å². The van der Waals surface area contributed by atoms with Crippen LogP contribution in [0.15, 0.2) is 29.2 Å². The largest absolute Gasteiger partial charge is 0.357 e. The monoisotopic (exact) mass is 304 g/mol. The third-order valence-electron chi connectivity index (χ3n) is 3.21. The van der Waals surface area contributed by atoms with Crippen molar-refractivity contribution in [1.29, 1.82) is 0 Å². The first-order chi connectivity index (χ1) is 10.2. The maximum atomic E-state index is 11.8. The molecule has 21 heavy (non-hydrogen) atoms. The van der Waals surface area contributed by atoms with Crippen molar-refractivity contribution in [2.75, 3.05) is 18.0 Å². The molecule has 1 amide bonds. The summed E-state index contributed by atoms with van der Waals surface area (Å²) in [6.07, 6.45) is 2.14. The Bertz CT molecular complexity index is 550. The molecule has 0 saturated carbocycles. The van der Waals surface area contributed by atoms with E-state index in [1.165, 1.54) is 11.3 Å². The van der Waals surface area contributed by atoms with Gasteiger partial charge in [-0.15, -0.1) is 11.3 Å². The van der Waals surface area contributed by atoms with Gasteiger partial charge in [-0.1, -0.05) is 6.07 Å². The zero-order valence-electron chi connectivity index (χ0n) is 12.4. The van der Waals surface area contributed by atoms with Gasteiger partial charge >= 0.3 is 0 Å². The first-order valence-electron chi connectivity index (χ1n) is 7.06. The Balaban J connectivity index is 1.84. The Morgan fingerprint density at radius 3 is 2.67 bits per heavy atom. The van der Waals surface area contributed by atoms with Gasteiger partial charge in [-0.3, -0.25) is 4.79 Å². The highest BCUT2D eigenvalue weighted by Crippen LogP contribution is 2.10. The third-order valence-corrected chi connectivity index (χ3v) is 3.85. The van der Waals surface area contributed by atoms with Crippen molar-refractivity contribution in [1.82, 2.24) is 15.3 Å². The van der Waals surface area contributed by atoms with E-state index in [-0.39, 0.29) is 5.91 Å². The van der Waals surface area contributed by atoms with E-state index in [2.05, 4.69) is 34.0 Å². The van der Waals surface area contributed by atoms with Crippen LogP contribution in [-0.4, -0.2) is 29.0 Å². The summed E-state index contributed by atoms with van der Waals surface area (Å²) in [6, 6.07) is 4.00. The van der Waals surface area contributed by atoms with Gasteiger partial charge in [-0.05, 0) is 25.5 Å². The molecule has 0 aliphatic heterocycles. The maximum absolute atomic E-state index is 11.8. The van der Waals surface area contributed by atoms with E-state index in [1.807, 2.05) is 23.7 Å². The zero-order valence-corrected chi connectivity index (χ0v) is 13.2. The fraction of sp³-hybridized carbons (Fsp3) is 0.400. The first kappa shape index (κ1) is 15.4. The SMILES string of the molecule is CCN(CC)c1ccc(CNC(=O)Cc2cscn2)cn1. The Hall–Kier alpha value is -1.95. The summed E-state index contributed by atoms with van der Waals surface area (Å²) in [5.74, 6) is 0.950. The van der Waals surface area contributed by atoms with Crippen molar-refractivity contribution in [2.24, 2.45) is 0 Å². The second kappa shape index (κ2) is 7.73. The second-order valence-corrected chi connectivity index (χ2v) is 5.35. The lowest BCUT2D eigenvalue weighted by molar-refractivity contribution is -0.120. The molecule has 0 saturated heterocycles. The number of anilines is 1. The Morgan fingerprint density at radius 2 is 2.10 bits per heavy atom. The number of carbonyl (C=O) groups is 1. The number of nitrogens with one attached hydrogen (secondary N) is 1. The molecular weight excluding hydrogens is 284 g/mol. The van der Waals surface area contributed by atoms with Crippen LogP contribution in [0, 0.1) is 0 Å². The average molecular weight is 304 g/mol. The van der Waals surface area contributed by atoms with Crippen LogP contribution < -0.4 is 10.2 Å². The molecule has 2 rings (SSSR count). The summed E-state index contributed by atoms with van der Waals surface area (Å²) < 4.78 is 0. The van der Waals surface area contributed by atoms with Gasteiger partial charge in [0.15, 0.2) is 0 Å². The van der Waals surface area contributed by atoms with Crippen molar-refractivity contribution in [3.05, 3.63) is 40.5 Å². The van der Waals surface area contributed by atoms with Crippen LogP contribution in [0.5, 0.6) is 0 Å². The van der Waals surface area contributed by atoms with E-state index >= 15 is 0 Å². The molecule has 0 aliphatic carbocycles. The molecule has 6 heteroatoms. The molecule has 2 aromatic rings. The van der Waals surface area contributed by atoms with Crippen molar-refractivity contribution < 1.29 is 4.79 Å². The van der Waals surface area contributed by atoms with E-state index < -0.39 is 0 Å². The van der Waals surface area contributed by atoms with Crippen LogP contribution >= 0.6 is 11.3 Å². The predicted molar refractivity (Wildman–Crippen MR) is 85.5 cm³/mol. The summed E-state index contributed by atoms with van der Waals surface area (Å²) in [4.78, 5) is 22.5. The van der Waals surface area contributed by atoms with Gasteiger partial charge in [0.05, 0.1) is 17.6 Å². The minimum atomic E-state index is -0.0197. The molecule has 0 aromatic carbocycles. The molecule has 0 fully saturated rings. The molecule has 0 unspecified atom stereocenters. The highest BCUT2D eigenvalue weighted by molar-refractivity contribution is 7.07. The van der Waals surface area contributed by atoms with Crippen LogP contribution in [0.4, 0.5) is 5.82 Å². The quantitative estimate of drug-likeness (QED) is 0.852. The molecule has 0 spiro atoms. The summed E-state index contributed by atoms with van der Waals surface area (Å²) in [7, 11) is 0. The number of amides is 1. The van der Waals surface area contributed by atoms with E-state index in [9.17, 15) is 4.79 Å². The first-order valence-corrected chi connectivity index (χ1v) is 8.00. The highest BCUT2D eigenvalue weighted by Gasteiger charge is 2.06. The molecular formula is C15H20N4OS. The summed E-state index contributed by atoms with van der Waals surface area (Å²) >= 11 is 1.50. The molecule has 0 radical (unpaired) electrons. The minimum absolute atomic E-state index is 0.0197. The normalized spacial score (nSPS) is 10.4. The molecule has 2 heterocycles. The van der Waals surface area contributed by atoms with Gasteiger partial charge in [-0.25, -0.2) is 9.97 Å². The Morgan fingerprint density at radius 1 is 1.29 bits per heavy atom. The van der Waals surface area contributed by atoms with Crippen LogP contribution in [0.3, 0.4) is 0 Å². The van der Waals surface area contributed by atoms with Crippen molar-refractivity contribution in [2.45, 2.75) is 26.8 Å². The van der Waals surface area contributed by atoms with Crippen LogP contribution in [0.2, 0.25) is 0 Å². The van der Waals surface area contributed by atoms with Crippen molar-refractivity contribution in [3.8, 4) is 0 Å². The fourth-order valence-electron chi connectivity index (χ4n) is 2.01. The van der Waals surface area contributed by atoms with Gasteiger partial charge in [0.2, 0.25) is 5.91 Å². The number of hydrogen-bond donors (Lipinski definition) is 1. The number of carbonyl (C=O) groups excluding carboxylic acids is 1. The number of pyridine rings is 1. The summed E-state index contributed by atoms with van der Waals surface area (Å²) in [5.41, 5.74) is 3.54. The van der Waals surface area contributed by atoms with E-state index in [4.69, 9.17) is 0 Å². The lowest BCUT2D eigenvalue weighted by atomic mass is 10.2. The minimum Gasteiger partial charge on any atom is -0.357 e. The molecule has 0 aliphatic rings. The Labute approximate surface area is 129 Å². The third kappa shape index (κ3) is 4.53. The average Bonchev–Trinajstić information content (AvgIpc) is 3.00. The second-order valence-electron chi connectivity index (χ2n) is 4.63. The lowest BCUT2D eigenvalue weighted by Gasteiger charge is -2.19. The van der Waals surface area contributed by atoms with Crippen LogP contribution in [0.25, 0.3) is 0 Å². The van der Waals surface area contributed by atoms with Gasteiger partial charge in [-0.2, -0.15) is 0 Å². The number of rotatable bonds is 7. The zero-order chi connectivity index (χ0) is 15.1. The highest BCUT2D eigenvalue weighted by atomic mass is 32.1. The van der Waals surface area contributed by atoms with Gasteiger partial charge in [0.25, 0.3) is 0 Å². The van der Waals surface area contributed by atoms with E-state index in [0.717, 1.165) is 30.2 Å². The van der Waals surface area contributed by atoms with Gasteiger partial charge in [0, 0.05) is 31.2 Å². The van der Waals surface area contributed by atoms with Gasteiger partial charge in [0.1, 0.15) is 5.82 Å². The van der Waals surface area contributed by atoms with Gasteiger partial charge < -0.3 is 10.2 Å². The fourth-order valence-corrected chi connectivity index (χ4v) is 2.57. The summed E-state index contributed by atoms with van der Waals surface area (Å²) in [5, 5.41) is 4.77. The Kier molecular flexibility index (Phi) is 5.68. The van der Waals surface area contributed by atoms with Crippen molar-refractivity contribution in [3.63, 3.8) is 0 Å². The lowest BCUT2D eigenvalue weighted by Crippen LogP contribution is -2.25. The smallest absolute Gasteiger partial charge is 0.226 e. The van der Waals surface area contributed by atoms with Crippen LogP contribution in [0.1, 0.15) is 25.1 Å². The molecule has 1 N–H and O–H groups in total. The molecule has 112 valence electrons. The molecule has 0 bridgehead atoms. The molecule has 5 nitrogen and oxygen atoms in total. The predicted octanol–water partition coefficient (Wildman–Crippen LogP) is 2.24. The molecule has 2 aromatic heterocycles.